The lowest BCUT2D eigenvalue weighted by Crippen LogP contribution is -2.20. The smallest absolute Gasteiger partial charge is 0.255 e. The highest BCUT2D eigenvalue weighted by atomic mass is 16.5. The summed E-state index contributed by atoms with van der Waals surface area (Å²) in [5.41, 5.74) is 2.57. The first-order valence-corrected chi connectivity index (χ1v) is 10.3. The summed E-state index contributed by atoms with van der Waals surface area (Å²) >= 11 is 0. The average Bonchev–Trinajstić information content (AvgIpc) is 3.56. The van der Waals surface area contributed by atoms with Crippen molar-refractivity contribution >= 4 is 17.8 Å². The molecule has 0 spiro atoms. The Balaban J connectivity index is 1.59. The van der Waals surface area contributed by atoms with E-state index in [2.05, 4.69) is 20.4 Å². The molecule has 2 heterocycles. The second-order valence-electron chi connectivity index (χ2n) is 7.68. The van der Waals surface area contributed by atoms with Gasteiger partial charge in [-0.2, -0.15) is 9.78 Å². The minimum atomic E-state index is -0.338. The number of hydrogen-bond acceptors (Lipinski definition) is 6. The lowest BCUT2D eigenvalue weighted by molar-refractivity contribution is -0.111. The molecule has 2 N–H and O–H groups in total. The number of hydrogen-bond donors (Lipinski definition) is 2. The molecule has 3 aromatic rings. The SMILES string of the molecule is COc1ccc(C=CC(=O)Nc2cc(C3CC3)nn2-c2nc(C)c(C)c(=O)[nH]2)cc1OC. The fourth-order valence-corrected chi connectivity index (χ4v) is 3.26. The number of amides is 1. The fraction of sp³-hybridized carbons (Fsp3) is 0.304. The number of H-pyrrole nitrogens is 1. The van der Waals surface area contributed by atoms with E-state index in [-0.39, 0.29) is 17.4 Å². The molecule has 4 rings (SSSR count). The largest absolute Gasteiger partial charge is 0.493 e. The molecule has 32 heavy (non-hydrogen) atoms. The van der Waals surface area contributed by atoms with E-state index in [1.165, 1.54) is 10.8 Å². The van der Waals surface area contributed by atoms with Gasteiger partial charge in [-0.1, -0.05) is 6.07 Å². The second kappa shape index (κ2) is 8.70. The summed E-state index contributed by atoms with van der Waals surface area (Å²) in [6, 6.07) is 7.20. The Morgan fingerprint density at radius 2 is 1.94 bits per heavy atom. The Labute approximate surface area is 185 Å². The number of aromatic nitrogens is 4. The number of nitrogens with one attached hydrogen (secondary N) is 2. The van der Waals surface area contributed by atoms with Crippen molar-refractivity contribution in [3.63, 3.8) is 0 Å². The van der Waals surface area contributed by atoms with Gasteiger partial charge in [-0.05, 0) is 50.5 Å². The number of ether oxygens (including phenoxy) is 2. The van der Waals surface area contributed by atoms with Gasteiger partial charge in [-0.25, -0.2) is 4.98 Å². The van der Waals surface area contributed by atoms with E-state index in [1.54, 1.807) is 46.3 Å². The fourth-order valence-electron chi connectivity index (χ4n) is 3.26. The van der Waals surface area contributed by atoms with E-state index in [0.29, 0.717) is 34.5 Å². The first kappa shape index (κ1) is 21.4. The van der Waals surface area contributed by atoms with Gasteiger partial charge >= 0.3 is 0 Å². The highest BCUT2D eigenvalue weighted by Crippen LogP contribution is 2.40. The molecule has 1 aliphatic carbocycles. The van der Waals surface area contributed by atoms with E-state index in [9.17, 15) is 9.59 Å². The van der Waals surface area contributed by atoms with Gasteiger partial charge in [0, 0.05) is 29.3 Å². The van der Waals surface area contributed by atoms with Crippen LogP contribution in [0.15, 0.2) is 35.1 Å². The maximum Gasteiger partial charge on any atom is 0.255 e. The third-order valence-corrected chi connectivity index (χ3v) is 5.39. The zero-order valence-corrected chi connectivity index (χ0v) is 18.4. The van der Waals surface area contributed by atoms with Crippen molar-refractivity contribution in [1.82, 2.24) is 19.7 Å². The van der Waals surface area contributed by atoms with E-state index in [1.807, 2.05) is 12.1 Å². The lowest BCUT2D eigenvalue weighted by Gasteiger charge is -2.08. The topological polar surface area (TPSA) is 111 Å². The molecule has 1 aromatic carbocycles. The number of aryl methyl sites for hydroxylation is 1. The van der Waals surface area contributed by atoms with Crippen LogP contribution in [-0.2, 0) is 4.79 Å². The first-order valence-electron chi connectivity index (χ1n) is 10.3. The van der Waals surface area contributed by atoms with Crippen LogP contribution in [0, 0.1) is 13.8 Å². The van der Waals surface area contributed by atoms with Gasteiger partial charge in [-0.3, -0.25) is 14.6 Å². The lowest BCUT2D eigenvalue weighted by atomic mass is 10.2. The Hall–Kier alpha value is -3.88. The van der Waals surface area contributed by atoms with Gasteiger partial charge in [-0.15, -0.1) is 0 Å². The van der Waals surface area contributed by atoms with Crippen LogP contribution in [0.4, 0.5) is 5.82 Å². The molecular formula is C23H25N5O4. The Morgan fingerprint density at radius 3 is 2.59 bits per heavy atom. The molecule has 2 aromatic heterocycles. The monoisotopic (exact) mass is 435 g/mol. The third kappa shape index (κ3) is 4.41. The minimum Gasteiger partial charge on any atom is -0.493 e. The van der Waals surface area contributed by atoms with Crippen molar-refractivity contribution in [2.24, 2.45) is 0 Å². The zero-order valence-electron chi connectivity index (χ0n) is 18.4. The molecule has 1 fully saturated rings. The van der Waals surface area contributed by atoms with Crippen LogP contribution in [0.3, 0.4) is 0 Å². The molecular weight excluding hydrogens is 410 g/mol. The molecule has 9 nitrogen and oxygen atoms in total. The summed E-state index contributed by atoms with van der Waals surface area (Å²) in [7, 11) is 3.12. The van der Waals surface area contributed by atoms with Gasteiger partial charge in [0.2, 0.25) is 11.9 Å². The summed E-state index contributed by atoms with van der Waals surface area (Å²) in [6.07, 6.45) is 5.21. The minimum absolute atomic E-state index is 0.235. The number of nitrogens with zero attached hydrogens (tertiary/aromatic N) is 3. The second-order valence-corrected chi connectivity index (χ2v) is 7.68. The molecule has 0 atom stereocenters. The molecule has 9 heteroatoms. The Morgan fingerprint density at radius 1 is 1.19 bits per heavy atom. The quantitative estimate of drug-likeness (QED) is 0.552. The third-order valence-electron chi connectivity index (χ3n) is 5.39. The summed E-state index contributed by atoms with van der Waals surface area (Å²) in [6.45, 7) is 3.48. The van der Waals surface area contributed by atoms with Crippen LogP contribution in [0.25, 0.3) is 12.0 Å². The zero-order chi connectivity index (χ0) is 22.8. The standard InChI is InChI=1S/C23H25N5O4/c1-13-14(2)24-23(26-22(13)30)28-20(12-17(27-28)16-7-8-16)25-21(29)10-6-15-5-9-18(31-3)19(11-15)32-4/h5-6,9-12,16H,7-8H2,1-4H3,(H,25,29)(H,24,26,30). The number of methoxy groups -OCH3 is 2. The Kier molecular flexibility index (Phi) is 5.81. The van der Waals surface area contributed by atoms with Crippen molar-refractivity contribution < 1.29 is 14.3 Å². The molecule has 1 aliphatic rings. The van der Waals surface area contributed by atoms with Gasteiger partial charge < -0.3 is 14.8 Å². The number of anilines is 1. The number of carbonyl (C=O) groups is 1. The Bertz CT molecular complexity index is 1250. The van der Waals surface area contributed by atoms with E-state index in [0.717, 1.165) is 24.1 Å². The van der Waals surface area contributed by atoms with E-state index in [4.69, 9.17) is 9.47 Å². The molecule has 1 saturated carbocycles. The predicted molar refractivity (Wildman–Crippen MR) is 121 cm³/mol. The maximum absolute atomic E-state index is 12.6. The van der Waals surface area contributed by atoms with Crippen LogP contribution >= 0.6 is 0 Å². The molecule has 166 valence electrons. The van der Waals surface area contributed by atoms with Crippen molar-refractivity contribution in [3.8, 4) is 17.4 Å². The summed E-state index contributed by atoms with van der Waals surface area (Å²) < 4.78 is 12.0. The highest BCUT2D eigenvalue weighted by Gasteiger charge is 2.28. The van der Waals surface area contributed by atoms with Gasteiger partial charge in [0.05, 0.1) is 19.9 Å². The highest BCUT2D eigenvalue weighted by molar-refractivity contribution is 6.01. The van der Waals surface area contributed by atoms with Crippen molar-refractivity contribution in [2.75, 3.05) is 19.5 Å². The number of benzene rings is 1. The summed E-state index contributed by atoms with van der Waals surface area (Å²) in [5, 5.41) is 7.43. The molecule has 0 aliphatic heterocycles. The van der Waals surface area contributed by atoms with Crippen LogP contribution in [-0.4, -0.2) is 39.9 Å². The van der Waals surface area contributed by atoms with Crippen molar-refractivity contribution in [1.29, 1.82) is 0 Å². The molecule has 1 amide bonds. The van der Waals surface area contributed by atoms with E-state index < -0.39 is 0 Å². The van der Waals surface area contributed by atoms with Crippen LogP contribution in [0.2, 0.25) is 0 Å². The molecule has 0 radical (unpaired) electrons. The maximum atomic E-state index is 12.6. The normalized spacial score (nSPS) is 13.4. The molecule has 0 bridgehead atoms. The number of rotatable bonds is 7. The van der Waals surface area contributed by atoms with Gasteiger partial charge in [0.1, 0.15) is 5.82 Å². The number of carbonyl (C=O) groups excluding carboxylic acids is 1. The summed E-state index contributed by atoms with van der Waals surface area (Å²) in [4.78, 5) is 32.0. The number of aromatic amines is 1. The summed E-state index contributed by atoms with van der Waals surface area (Å²) in [5.74, 6) is 1.93. The van der Waals surface area contributed by atoms with Crippen LogP contribution in [0.1, 0.15) is 41.3 Å². The van der Waals surface area contributed by atoms with Crippen molar-refractivity contribution in [2.45, 2.75) is 32.6 Å². The van der Waals surface area contributed by atoms with Gasteiger partial charge in [0.25, 0.3) is 5.56 Å². The molecule has 0 unspecified atom stereocenters. The predicted octanol–water partition coefficient (Wildman–Crippen LogP) is 3.12. The molecule has 0 saturated heterocycles. The first-order chi connectivity index (χ1) is 15.4. The van der Waals surface area contributed by atoms with Crippen LogP contribution < -0.4 is 20.3 Å². The van der Waals surface area contributed by atoms with Crippen molar-refractivity contribution in [3.05, 3.63) is 63.2 Å². The van der Waals surface area contributed by atoms with E-state index >= 15 is 0 Å². The van der Waals surface area contributed by atoms with Gasteiger partial charge in [0.15, 0.2) is 11.5 Å². The van der Waals surface area contributed by atoms with Crippen LogP contribution in [0.5, 0.6) is 11.5 Å². The average molecular weight is 435 g/mol.